The molecule has 5 heteroatoms. The van der Waals surface area contributed by atoms with Gasteiger partial charge in [-0.15, -0.1) is 0 Å². The Morgan fingerprint density at radius 3 is 2.57 bits per heavy atom. The van der Waals surface area contributed by atoms with Gasteiger partial charge in [0.25, 0.3) is 0 Å². The van der Waals surface area contributed by atoms with Crippen molar-refractivity contribution >= 4 is 10.8 Å². The van der Waals surface area contributed by atoms with Crippen molar-refractivity contribution in [2.45, 2.75) is 13.1 Å². The van der Waals surface area contributed by atoms with Crippen LogP contribution in [0.25, 0.3) is 33.3 Å². The van der Waals surface area contributed by atoms with E-state index in [9.17, 15) is 0 Å². The van der Waals surface area contributed by atoms with Crippen molar-refractivity contribution in [3.8, 4) is 22.5 Å². The van der Waals surface area contributed by atoms with Gasteiger partial charge in [-0.2, -0.15) is 0 Å². The maximum absolute atomic E-state index is 4.79. The molecule has 2 aromatic carbocycles. The molecule has 0 saturated carbocycles. The topological polar surface area (TPSA) is 48.5 Å². The summed E-state index contributed by atoms with van der Waals surface area (Å²) in [6, 6.07) is 18.8. The van der Waals surface area contributed by atoms with Crippen LogP contribution in [0.2, 0.25) is 0 Å². The third kappa shape index (κ3) is 2.97. The van der Waals surface area contributed by atoms with E-state index in [-0.39, 0.29) is 0 Å². The molecule has 0 fully saturated rings. The van der Waals surface area contributed by atoms with Gasteiger partial charge < -0.3 is 9.13 Å². The Kier molecular flexibility index (Phi) is 4.18. The van der Waals surface area contributed by atoms with E-state index in [1.807, 2.05) is 43.5 Å². The van der Waals surface area contributed by atoms with Gasteiger partial charge in [0.1, 0.15) is 0 Å². The highest BCUT2D eigenvalue weighted by Crippen LogP contribution is 2.35. The summed E-state index contributed by atoms with van der Waals surface area (Å²) >= 11 is 0. The van der Waals surface area contributed by atoms with Crippen LogP contribution in [-0.4, -0.2) is 24.1 Å². The molecule has 5 nitrogen and oxygen atoms in total. The van der Waals surface area contributed by atoms with Gasteiger partial charge in [0.15, 0.2) is 0 Å². The number of hydrogen-bond donors (Lipinski definition) is 0. The fourth-order valence-corrected chi connectivity index (χ4v) is 3.61. The number of rotatable bonds is 5. The standard InChI is InChI=1S/C23H19N5/c1-2-5-18(6-3-1)22-23(21-8-4-7-19-15-24-10-9-20(19)21)28(17-26-22)14-13-27-12-11-25-16-27/h1-12,15-17H,13-14H2. The molecule has 0 unspecified atom stereocenters. The van der Waals surface area contributed by atoms with Crippen molar-refractivity contribution < 1.29 is 0 Å². The quantitative estimate of drug-likeness (QED) is 0.455. The van der Waals surface area contributed by atoms with Crippen molar-refractivity contribution in [1.29, 1.82) is 0 Å². The molecule has 0 bridgehead atoms. The van der Waals surface area contributed by atoms with Gasteiger partial charge in [-0.3, -0.25) is 4.98 Å². The van der Waals surface area contributed by atoms with Crippen LogP contribution in [0.5, 0.6) is 0 Å². The predicted molar refractivity (Wildman–Crippen MR) is 111 cm³/mol. The Morgan fingerprint density at radius 1 is 0.786 bits per heavy atom. The summed E-state index contributed by atoms with van der Waals surface area (Å²) in [6.07, 6.45) is 11.3. The zero-order valence-corrected chi connectivity index (χ0v) is 15.3. The summed E-state index contributed by atoms with van der Waals surface area (Å²) in [6.45, 7) is 1.65. The third-order valence-electron chi connectivity index (χ3n) is 4.98. The summed E-state index contributed by atoms with van der Waals surface area (Å²) in [5.41, 5.74) is 4.41. The molecule has 3 aromatic heterocycles. The minimum absolute atomic E-state index is 0.812. The van der Waals surface area contributed by atoms with Gasteiger partial charge in [-0.05, 0) is 11.5 Å². The molecule has 3 heterocycles. The molecule has 0 aliphatic carbocycles. The minimum atomic E-state index is 0.812. The summed E-state index contributed by atoms with van der Waals surface area (Å²) < 4.78 is 4.32. The Morgan fingerprint density at radius 2 is 1.71 bits per heavy atom. The van der Waals surface area contributed by atoms with Gasteiger partial charge in [0.2, 0.25) is 0 Å². The van der Waals surface area contributed by atoms with Gasteiger partial charge in [-0.25, -0.2) is 9.97 Å². The molecule has 28 heavy (non-hydrogen) atoms. The van der Waals surface area contributed by atoms with Crippen molar-refractivity contribution in [2.75, 3.05) is 0 Å². The molecule has 0 aliphatic rings. The Labute approximate surface area is 163 Å². The van der Waals surface area contributed by atoms with E-state index < -0.39 is 0 Å². The largest absolute Gasteiger partial charge is 0.336 e. The third-order valence-corrected chi connectivity index (χ3v) is 4.98. The number of benzene rings is 2. The van der Waals surface area contributed by atoms with E-state index in [1.165, 1.54) is 10.9 Å². The second kappa shape index (κ2) is 7.12. The first kappa shape index (κ1) is 16.4. The maximum Gasteiger partial charge on any atom is 0.0963 e. The van der Waals surface area contributed by atoms with Crippen molar-refractivity contribution in [3.05, 3.63) is 92.0 Å². The van der Waals surface area contributed by atoms with Crippen LogP contribution in [0.15, 0.2) is 92.0 Å². The van der Waals surface area contributed by atoms with Crippen LogP contribution >= 0.6 is 0 Å². The first-order valence-electron chi connectivity index (χ1n) is 9.29. The number of aryl methyl sites for hydroxylation is 2. The summed E-state index contributed by atoms with van der Waals surface area (Å²) in [7, 11) is 0. The second-order valence-corrected chi connectivity index (χ2v) is 6.70. The first-order chi connectivity index (χ1) is 13.9. The van der Waals surface area contributed by atoms with Crippen LogP contribution in [0, 0.1) is 0 Å². The smallest absolute Gasteiger partial charge is 0.0963 e. The number of nitrogens with zero attached hydrogens (tertiary/aromatic N) is 5. The lowest BCUT2D eigenvalue weighted by atomic mass is 10.00. The fourth-order valence-electron chi connectivity index (χ4n) is 3.61. The van der Waals surface area contributed by atoms with Gasteiger partial charge in [-0.1, -0.05) is 48.5 Å². The van der Waals surface area contributed by atoms with Crippen molar-refractivity contribution in [3.63, 3.8) is 0 Å². The molecule has 5 aromatic rings. The van der Waals surface area contributed by atoms with E-state index >= 15 is 0 Å². The maximum atomic E-state index is 4.79. The van der Waals surface area contributed by atoms with E-state index in [0.29, 0.717) is 0 Å². The Bertz CT molecular complexity index is 1200. The number of fused-ring (bicyclic) bond motifs is 1. The lowest BCUT2D eigenvalue weighted by molar-refractivity contribution is 0.582. The monoisotopic (exact) mass is 365 g/mol. The highest BCUT2D eigenvalue weighted by molar-refractivity contribution is 5.98. The summed E-state index contributed by atoms with van der Waals surface area (Å²) in [4.78, 5) is 13.2. The predicted octanol–water partition coefficient (Wildman–Crippen LogP) is 4.66. The molecule has 5 rings (SSSR count). The summed E-state index contributed by atoms with van der Waals surface area (Å²) in [5, 5.41) is 2.31. The van der Waals surface area contributed by atoms with E-state index in [0.717, 1.165) is 35.4 Å². The average molecular weight is 365 g/mol. The number of pyridine rings is 1. The SMILES string of the molecule is c1ccc(-c2ncn(CCn3ccnc3)c2-c2cccc3cnccc23)cc1. The molecular weight excluding hydrogens is 346 g/mol. The second-order valence-electron chi connectivity index (χ2n) is 6.70. The molecule has 0 spiro atoms. The molecule has 0 amide bonds. The van der Waals surface area contributed by atoms with Gasteiger partial charge >= 0.3 is 0 Å². The molecule has 0 radical (unpaired) electrons. The summed E-state index contributed by atoms with van der Waals surface area (Å²) in [5.74, 6) is 0. The number of aromatic nitrogens is 5. The van der Waals surface area contributed by atoms with Crippen LogP contribution in [0.1, 0.15) is 0 Å². The Hall–Kier alpha value is -3.73. The number of hydrogen-bond acceptors (Lipinski definition) is 3. The first-order valence-corrected chi connectivity index (χ1v) is 9.29. The number of imidazole rings is 2. The van der Waals surface area contributed by atoms with Crippen molar-refractivity contribution in [1.82, 2.24) is 24.1 Å². The molecule has 136 valence electrons. The van der Waals surface area contributed by atoms with Crippen LogP contribution in [0.4, 0.5) is 0 Å². The van der Waals surface area contributed by atoms with Gasteiger partial charge in [0, 0.05) is 54.4 Å². The fraction of sp³-hybridized carbons (Fsp3) is 0.0870. The van der Waals surface area contributed by atoms with Crippen LogP contribution in [0.3, 0.4) is 0 Å². The molecule has 0 saturated heterocycles. The zero-order valence-electron chi connectivity index (χ0n) is 15.3. The lowest BCUT2D eigenvalue weighted by Crippen LogP contribution is -2.06. The lowest BCUT2D eigenvalue weighted by Gasteiger charge is -2.13. The zero-order chi connectivity index (χ0) is 18.8. The van der Waals surface area contributed by atoms with E-state index in [4.69, 9.17) is 4.98 Å². The highest BCUT2D eigenvalue weighted by Gasteiger charge is 2.17. The molecule has 0 aliphatic heterocycles. The van der Waals surface area contributed by atoms with Crippen molar-refractivity contribution in [2.24, 2.45) is 0 Å². The normalized spacial score (nSPS) is 11.1. The minimum Gasteiger partial charge on any atom is -0.336 e. The molecule has 0 atom stereocenters. The van der Waals surface area contributed by atoms with Crippen LogP contribution < -0.4 is 0 Å². The average Bonchev–Trinajstić information content (AvgIpc) is 3.42. The molecular formula is C23H19N5. The van der Waals surface area contributed by atoms with E-state index in [1.54, 1.807) is 0 Å². The van der Waals surface area contributed by atoms with Crippen LogP contribution in [-0.2, 0) is 13.1 Å². The molecule has 0 N–H and O–H groups in total. The van der Waals surface area contributed by atoms with E-state index in [2.05, 4.69) is 67.6 Å². The van der Waals surface area contributed by atoms with Gasteiger partial charge in [0.05, 0.1) is 24.0 Å². The Balaban J connectivity index is 1.68. The highest BCUT2D eigenvalue weighted by atomic mass is 15.1.